The van der Waals surface area contributed by atoms with Crippen LogP contribution in [0.3, 0.4) is 0 Å². The van der Waals surface area contributed by atoms with Gasteiger partial charge in [-0.15, -0.1) is 0 Å². The second kappa shape index (κ2) is 9.58. The van der Waals surface area contributed by atoms with Crippen LogP contribution in [-0.2, 0) is 28.6 Å². The van der Waals surface area contributed by atoms with E-state index in [4.69, 9.17) is 4.74 Å². The Bertz CT molecular complexity index is 1470. The number of carbonyl (C=O) groups is 1. The Morgan fingerprint density at radius 3 is 2.32 bits per heavy atom. The standard InChI is InChI=1S/C24H21F6N6O2/c1-22(2,3)20(37)38-13-35-18-11-14(19-17(24(28,29)30)5-4-10-31-19)12-32-36(18)21(34-35)33-16-8-6-15(7-9-16)23(25,26)27/h4-12H,13H2,1-3H3,(H,33,34)/q+1. The molecule has 1 N–H and O–H groups in total. The molecule has 8 nitrogen and oxygen atoms in total. The lowest BCUT2D eigenvalue weighted by atomic mass is 9.98. The molecule has 4 aromatic rings. The topological polar surface area (TPSA) is 85.3 Å². The number of nitrogens with one attached hydrogen (secondary N) is 1. The van der Waals surface area contributed by atoms with Gasteiger partial charge in [-0.2, -0.15) is 26.3 Å². The number of carbonyl (C=O) groups excluding carboxylic acids is 1. The van der Waals surface area contributed by atoms with Crippen molar-refractivity contribution in [3.63, 3.8) is 0 Å². The summed E-state index contributed by atoms with van der Waals surface area (Å²) in [6.45, 7) is 4.51. The van der Waals surface area contributed by atoms with E-state index in [9.17, 15) is 31.1 Å². The molecular formula is C24H21F6N6O2+. The van der Waals surface area contributed by atoms with Gasteiger partial charge in [0.05, 0.1) is 28.4 Å². The zero-order chi connectivity index (χ0) is 27.9. The Morgan fingerprint density at radius 1 is 1.03 bits per heavy atom. The van der Waals surface area contributed by atoms with Crippen molar-refractivity contribution in [3.05, 3.63) is 66.0 Å². The summed E-state index contributed by atoms with van der Waals surface area (Å²) >= 11 is 0. The van der Waals surface area contributed by atoms with Gasteiger partial charge in [0.2, 0.25) is 0 Å². The SMILES string of the molecule is CC(C)(C)C(=O)OC[n+]1nc(Nc2ccc(C(F)(F)F)cc2)n2ncc(-c3ncccc3C(F)(F)F)cc21. The first-order valence-electron chi connectivity index (χ1n) is 11.1. The van der Waals surface area contributed by atoms with Crippen molar-refractivity contribution in [1.29, 1.82) is 0 Å². The average Bonchev–Trinajstić information content (AvgIpc) is 3.17. The van der Waals surface area contributed by atoms with Crippen LogP contribution in [0.15, 0.2) is 54.9 Å². The number of ether oxygens (including phenoxy) is 1. The normalized spacial score (nSPS) is 12.6. The maximum Gasteiger partial charge on any atom is 0.418 e. The molecule has 0 amide bonds. The molecule has 3 heterocycles. The number of esters is 1. The number of anilines is 2. The van der Waals surface area contributed by atoms with Gasteiger partial charge in [-0.3, -0.25) is 9.78 Å². The first-order valence-corrected chi connectivity index (χ1v) is 11.1. The second-order valence-electron chi connectivity index (χ2n) is 9.25. The number of pyridine rings is 1. The van der Waals surface area contributed by atoms with E-state index in [1.807, 2.05) is 0 Å². The average molecular weight is 539 g/mol. The van der Waals surface area contributed by atoms with Gasteiger partial charge in [-0.25, -0.2) is 0 Å². The molecule has 3 aromatic heterocycles. The third-order valence-electron chi connectivity index (χ3n) is 5.28. The highest BCUT2D eigenvalue weighted by atomic mass is 19.4. The molecule has 0 atom stereocenters. The van der Waals surface area contributed by atoms with Gasteiger partial charge in [-0.1, -0.05) is 14.3 Å². The molecule has 0 saturated carbocycles. The first kappa shape index (κ1) is 26.8. The van der Waals surface area contributed by atoms with Crippen LogP contribution in [0.1, 0.15) is 31.9 Å². The van der Waals surface area contributed by atoms with Crippen molar-refractivity contribution >= 4 is 23.3 Å². The number of alkyl halides is 6. The minimum atomic E-state index is -4.68. The van der Waals surface area contributed by atoms with Gasteiger partial charge < -0.3 is 10.1 Å². The first-order chi connectivity index (χ1) is 17.6. The van der Waals surface area contributed by atoms with Crippen molar-refractivity contribution in [3.8, 4) is 11.3 Å². The Labute approximate surface area is 211 Å². The number of fused-ring (bicyclic) bond motifs is 1. The molecule has 38 heavy (non-hydrogen) atoms. The fraction of sp³-hybridized carbons (Fsp3) is 0.292. The molecule has 0 aliphatic rings. The minimum Gasteiger partial charge on any atom is -0.422 e. The van der Waals surface area contributed by atoms with Crippen LogP contribution >= 0.6 is 0 Å². The summed E-state index contributed by atoms with van der Waals surface area (Å²) in [6.07, 6.45) is -6.84. The van der Waals surface area contributed by atoms with E-state index in [0.29, 0.717) is 0 Å². The minimum absolute atomic E-state index is 0.00943. The predicted molar refractivity (Wildman–Crippen MR) is 122 cm³/mol. The molecule has 4 rings (SSSR count). The van der Waals surface area contributed by atoms with Crippen LogP contribution in [-0.4, -0.2) is 25.7 Å². The third kappa shape index (κ3) is 5.68. The third-order valence-corrected chi connectivity index (χ3v) is 5.28. The molecule has 0 bridgehead atoms. The highest BCUT2D eigenvalue weighted by molar-refractivity contribution is 5.75. The van der Waals surface area contributed by atoms with E-state index in [-0.39, 0.29) is 28.5 Å². The molecule has 14 heteroatoms. The number of benzene rings is 1. The highest BCUT2D eigenvalue weighted by Crippen LogP contribution is 2.36. The van der Waals surface area contributed by atoms with Crippen molar-refractivity contribution in [1.82, 2.24) is 19.7 Å². The van der Waals surface area contributed by atoms with E-state index in [0.717, 1.165) is 30.5 Å². The Balaban J connectivity index is 1.77. The Hall–Kier alpha value is -4.23. The zero-order valence-electron chi connectivity index (χ0n) is 20.2. The number of nitrogens with zero attached hydrogens (tertiary/aromatic N) is 5. The van der Waals surface area contributed by atoms with E-state index in [1.165, 1.54) is 33.6 Å². The number of aromatic nitrogens is 5. The predicted octanol–water partition coefficient (Wildman–Crippen LogP) is 5.41. The van der Waals surface area contributed by atoms with Crippen molar-refractivity contribution < 1.29 is 40.6 Å². The van der Waals surface area contributed by atoms with Crippen molar-refractivity contribution in [2.45, 2.75) is 39.9 Å². The second-order valence-corrected chi connectivity index (χ2v) is 9.25. The van der Waals surface area contributed by atoms with Crippen LogP contribution in [0.25, 0.3) is 16.9 Å². The fourth-order valence-electron chi connectivity index (χ4n) is 3.35. The lowest BCUT2D eigenvalue weighted by Gasteiger charge is -2.14. The van der Waals surface area contributed by atoms with Gasteiger partial charge in [0.25, 0.3) is 6.73 Å². The molecule has 0 unspecified atom stereocenters. The molecule has 0 fully saturated rings. The largest absolute Gasteiger partial charge is 0.422 e. The lowest BCUT2D eigenvalue weighted by molar-refractivity contribution is -0.755. The fourth-order valence-corrected chi connectivity index (χ4v) is 3.35. The van der Waals surface area contributed by atoms with Crippen LogP contribution in [0, 0.1) is 5.41 Å². The number of hydrogen-bond donors (Lipinski definition) is 1. The molecule has 0 spiro atoms. The van der Waals surface area contributed by atoms with Crippen LogP contribution in [0.4, 0.5) is 38.0 Å². The molecule has 1 aromatic carbocycles. The molecule has 0 aliphatic heterocycles. The maximum absolute atomic E-state index is 13.6. The zero-order valence-corrected chi connectivity index (χ0v) is 20.2. The van der Waals surface area contributed by atoms with Crippen LogP contribution < -0.4 is 10.00 Å². The van der Waals surface area contributed by atoms with E-state index < -0.39 is 41.6 Å². The van der Waals surface area contributed by atoms with Gasteiger partial charge in [0, 0.05) is 23.5 Å². The van der Waals surface area contributed by atoms with E-state index >= 15 is 0 Å². The van der Waals surface area contributed by atoms with E-state index in [2.05, 4.69) is 20.5 Å². The van der Waals surface area contributed by atoms with Crippen molar-refractivity contribution in [2.24, 2.45) is 5.41 Å². The molecule has 0 radical (unpaired) electrons. The van der Waals surface area contributed by atoms with Gasteiger partial charge in [-0.05, 0) is 62.3 Å². The summed E-state index contributed by atoms with van der Waals surface area (Å²) in [6, 6.07) is 7.51. The summed E-state index contributed by atoms with van der Waals surface area (Å²) < 4.78 is 87.1. The summed E-state index contributed by atoms with van der Waals surface area (Å²) in [5.74, 6) is -0.549. The smallest absolute Gasteiger partial charge is 0.418 e. The summed E-state index contributed by atoms with van der Waals surface area (Å²) in [7, 11) is 0. The lowest BCUT2D eigenvalue weighted by Crippen LogP contribution is -2.40. The van der Waals surface area contributed by atoms with Crippen LogP contribution in [0.5, 0.6) is 0 Å². The molecule has 0 saturated heterocycles. The van der Waals surface area contributed by atoms with Gasteiger partial charge in [0.15, 0.2) is 0 Å². The van der Waals surface area contributed by atoms with Crippen molar-refractivity contribution in [2.75, 3.05) is 5.32 Å². The summed E-state index contributed by atoms with van der Waals surface area (Å²) in [5, 5.41) is 11.3. The van der Waals surface area contributed by atoms with Crippen LogP contribution in [0.2, 0.25) is 0 Å². The van der Waals surface area contributed by atoms with Gasteiger partial charge >= 0.3 is 29.9 Å². The number of halogens is 6. The Morgan fingerprint density at radius 2 is 1.71 bits per heavy atom. The summed E-state index contributed by atoms with van der Waals surface area (Å²) in [4.78, 5) is 16.2. The quantitative estimate of drug-likeness (QED) is 0.208. The number of hydrogen-bond acceptors (Lipinski definition) is 6. The maximum atomic E-state index is 13.6. The molecular weight excluding hydrogens is 518 g/mol. The summed E-state index contributed by atoms with van der Waals surface area (Å²) in [5.41, 5.74) is -2.65. The Kier molecular flexibility index (Phi) is 6.76. The monoisotopic (exact) mass is 539 g/mol. The van der Waals surface area contributed by atoms with Gasteiger partial charge in [0.1, 0.15) is 0 Å². The van der Waals surface area contributed by atoms with E-state index in [1.54, 1.807) is 20.8 Å². The highest BCUT2D eigenvalue weighted by Gasteiger charge is 2.35. The number of rotatable bonds is 5. The molecule has 0 aliphatic carbocycles. The molecule has 200 valence electrons.